The Labute approximate surface area is 82.3 Å². The molecule has 1 aliphatic rings. The van der Waals surface area contributed by atoms with Crippen LogP contribution in [0.15, 0.2) is 0 Å². The van der Waals surface area contributed by atoms with Crippen molar-refractivity contribution in [3.63, 3.8) is 0 Å². The first-order chi connectivity index (χ1) is 6.46. The van der Waals surface area contributed by atoms with E-state index < -0.39 is 29.6 Å². The molecule has 0 N–H and O–H groups in total. The van der Waals surface area contributed by atoms with Gasteiger partial charge in [0.1, 0.15) is 5.92 Å². The number of ether oxygens (including phenoxy) is 3. The minimum Gasteiger partial charge on any atom is -0.469 e. The van der Waals surface area contributed by atoms with Crippen LogP contribution in [0.2, 0.25) is 0 Å². The maximum absolute atomic E-state index is 11.4. The molecule has 0 aliphatic carbocycles. The first-order valence-electron chi connectivity index (χ1n) is 4.32. The quantitative estimate of drug-likeness (QED) is 0.604. The highest BCUT2D eigenvalue weighted by Crippen LogP contribution is 2.38. The van der Waals surface area contributed by atoms with E-state index in [2.05, 4.69) is 4.74 Å². The summed E-state index contributed by atoms with van der Waals surface area (Å²) in [6, 6.07) is 0. The lowest BCUT2D eigenvalue weighted by Crippen LogP contribution is -2.40. The van der Waals surface area contributed by atoms with Crippen LogP contribution in [-0.2, 0) is 23.8 Å². The first kappa shape index (κ1) is 11.0. The fourth-order valence-corrected chi connectivity index (χ4v) is 1.66. The standard InChI is InChI=1S/C9H14O5/c1-5-6(8(11)12-3)9(2,13-4)14-7(5)10/h5-6H,1-4H3. The van der Waals surface area contributed by atoms with Crippen molar-refractivity contribution < 1.29 is 23.8 Å². The van der Waals surface area contributed by atoms with E-state index in [9.17, 15) is 9.59 Å². The van der Waals surface area contributed by atoms with Crippen molar-refractivity contribution in [3.05, 3.63) is 0 Å². The van der Waals surface area contributed by atoms with E-state index in [-0.39, 0.29) is 0 Å². The summed E-state index contributed by atoms with van der Waals surface area (Å²) >= 11 is 0. The summed E-state index contributed by atoms with van der Waals surface area (Å²) in [5.74, 6) is -3.38. The summed E-state index contributed by atoms with van der Waals surface area (Å²) in [4.78, 5) is 22.7. The monoisotopic (exact) mass is 202 g/mol. The van der Waals surface area contributed by atoms with E-state index >= 15 is 0 Å². The molecule has 0 saturated carbocycles. The van der Waals surface area contributed by atoms with Crippen molar-refractivity contribution in [2.45, 2.75) is 19.6 Å². The van der Waals surface area contributed by atoms with Crippen molar-refractivity contribution in [1.29, 1.82) is 0 Å². The molecule has 3 unspecified atom stereocenters. The Morgan fingerprint density at radius 3 is 2.50 bits per heavy atom. The lowest BCUT2D eigenvalue weighted by Gasteiger charge is -2.26. The predicted octanol–water partition coefficient (Wildman–Crippen LogP) is 0.331. The van der Waals surface area contributed by atoms with Crippen molar-refractivity contribution in [3.8, 4) is 0 Å². The molecular formula is C9H14O5. The van der Waals surface area contributed by atoms with E-state index in [0.717, 1.165) is 0 Å². The van der Waals surface area contributed by atoms with Gasteiger partial charge >= 0.3 is 11.9 Å². The molecule has 0 amide bonds. The van der Waals surface area contributed by atoms with Crippen LogP contribution in [-0.4, -0.2) is 31.9 Å². The highest BCUT2D eigenvalue weighted by molar-refractivity contribution is 5.85. The molecule has 1 heterocycles. The average molecular weight is 202 g/mol. The molecule has 3 atom stereocenters. The number of carbonyl (C=O) groups excluding carboxylic acids is 2. The van der Waals surface area contributed by atoms with Crippen LogP contribution in [0.1, 0.15) is 13.8 Å². The second-order valence-electron chi connectivity index (χ2n) is 3.43. The molecule has 1 saturated heterocycles. The maximum atomic E-state index is 11.4. The molecule has 1 rings (SSSR count). The Bertz CT molecular complexity index is 262. The van der Waals surface area contributed by atoms with Gasteiger partial charge in [0.05, 0.1) is 13.0 Å². The van der Waals surface area contributed by atoms with E-state index in [4.69, 9.17) is 9.47 Å². The summed E-state index contributed by atoms with van der Waals surface area (Å²) < 4.78 is 14.6. The van der Waals surface area contributed by atoms with Crippen LogP contribution in [0.4, 0.5) is 0 Å². The maximum Gasteiger partial charge on any atom is 0.316 e. The number of carbonyl (C=O) groups is 2. The normalized spacial score (nSPS) is 36.7. The zero-order valence-corrected chi connectivity index (χ0v) is 8.70. The van der Waals surface area contributed by atoms with Crippen molar-refractivity contribution >= 4 is 11.9 Å². The molecule has 0 bridgehead atoms. The second kappa shape index (κ2) is 3.57. The van der Waals surface area contributed by atoms with Crippen molar-refractivity contribution in [1.82, 2.24) is 0 Å². The minimum atomic E-state index is -1.20. The van der Waals surface area contributed by atoms with Gasteiger partial charge in [-0.15, -0.1) is 0 Å². The predicted molar refractivity (Wildman–Crippen MR) is 46.2 cm³/mol. The van der Waals surface area contributed by atoms with Crippen LogP contribution >= 0.6 is 0 Å². The van der Waals surface area contributed by atoms with Gasteiger partial charge in [0.25, 0.3) is 0 Å². The van der Waals surface area contributed by atoms with Crippen molar-refractivity contribution in [2.24, 2.45) is 11.8 Å². The van der Waals surface area contributed by atoms with Crippen LogP contribution in [0.3, 0.4) is 0 Å². The molecule has 5 nitrogen and oxygen atoms in total. The van der Waals surface area contributed by atoms with Gasteiger partial charge in [0, 0.05) is 14.0 Å². The molecule has 0 aromatic carbocycles. The Kier molecular flexibility index (Phi) is 2.80. The van der Waals surface area contributed by atoms with Gasteiger partial charge in [0.15, 0.2) is 0 Å². The Balaban J connectivity index is 2.98. The summed E-state index contributed by atoms with van der Waals surface area (Å²) in [6.07, 6.45) is 0. The van der Waals surface area contributed by atoms with Crippen LogP contribution in [0.5, 0.6) is 0 Å². The first-order valence-corrected chi connectivity index (χ1v) is 4.32. The average Bonchev–Trinajstić information content (AvgIpc) is 2.38. The van der Waals surface area contributed by atoms with E-state index in [1.165, 1.54) is 14.2 Å². The van der Waals surface area contributed by atoms with Crippen LogP contribution in [0.25, 0.3) is 0 Å². The fraction of sp³-hybridized carbons (Fsp3) is 0.778. The summed E-state index contributed by atoms with van der Waals surface area (Å²) in [5.41, 5.74) is 0. The molecule has 0 aromatic rings. The third-order valence-electron chi connectivity index (χ3n) is 2.60. The number of esters is 2. The largest absolute Gasteiger partial charge is 0.469 e. The van der Waals surface area contributed by atoms with Crippen LogP contribution < -0.4 is 0 Å². The minimum absolute atomic E-state index is 0.440. The highest BCUT2D eigenvalue weighted by atomic mass is 16.7. The zero-order chi connectivity index (χ0) is 10.9. The van der Waals surface area contributed by atoms with Gasteiger partial charge < -0.3 is 14.2 Å². The third kappa shape index (κ3) is 1.48. The molecule has 0 aromatic heterocycles. The van der Waals surface area contributed by atoms with Crippen molar-refractivity contribution in [2.75, 3.05) is 14.2 Å². The third-order valence-corrected chi connectivity index (χ3v) is 2.60. The lowest BCUT2D eigenvalue weighted by atomic mass is 9.90. The molecule has 80 valence electrons. The van der Waals surface area contributed by atoms with Gasteiger partial charge in [-0.25, -0.2) is 0 Å². The van der Waals surface area contributed by atoms with E-state index in [0.29, 0.717) is 0 Å². The number of hydrogen-bond donors (Lipinski definition) is 0. The Hall–Kier alpha value is -1.10. The Morgan fingerprint density at radius 2 is 2.07 bits per heavy atom. The fourth-order valence-electron chi connectivity index (χ4n) is 1.66. The summed E-state index contributed by atoms with van der Waals surface area (Å²) in [7, 11) is 2.66. The zero-order valence-electron chi connectivity index (χ0n) is 8.70. The number of methoxy groups -OCH3 is 2. The SMILES string of the molecule is COC(=O)C1C(C)C(=O)OC1(C)OC. The van der Waals surface area contributed by atoms with Gasteiger partial charge in [-0.05, 0) is 0 Å². The van der Waals surface area contributed by atoms with Gasteiger partial charge in [-0.3, -0.25) is 9.59 Å². The smallest absolute Gasteiger partial charge is 0.316 e. The second-order valence-corrected chi connectivity index (χ2v) is 3.43. The summed E-state index contributed by atoms with van der Waals surface area (Å²) in [5, 5.41) is 0. The highest BCUT2D eigenvalue weighted by Gasteiger charge is 2.56. The van der Waals surface area contributed by atoms with Gasteiger partial charge in [0.2, 0.25) is 5.79 Å². The Morgan fingerprint density at radius 1 is 1.50 bits per heavy atom. The van der Waals surface area contributed by atoms with Crippen LogP contribution in [0, 0.1) is 11.8 Å². The van der Waals surface area contributed by atoms with Gasteiger partial charge in [-0.1, -0.05) is 6.92 Å². The number of rotatable bonds is 2. The summed E-state index contributed by atoms with van der Waals surface area (Å²) in [6.45, 7) is 3.17. The molecular weight excluding hydrogens is 188 g/mol. The molecule has 1 fully saturated rings. The molecule has 1 aliphatic heterocycles. The van der Waals surface area contributed by atoms with Gasteiger partial charge in [-0.2, -0.15) is 0 Å². The molecule has 0 radical (unpaired) electrons. The number of hydrogen-bond acceptors (Lipinski definition) is 5. The van der Waals surface area contributed by atoms with E-state index in [1.807, 2.05) is 0 Å². The number of cyclic esters (lactones) is 1. The lowest BCUT2D eigenvalue weighted by molar-refractivity contribution is -0.211. The molecule has 0 spiro atoms. The van der Waals surface area contributed by atoms with E-state index in [1.54, 1.807) is 13.8 Å². The molecule has 14 heavy (non-hydrogen) atoms. The molecule has 5 heteroatoms. The topological polar surface area (TPSA) is 61.8 Å².